The van der Waals surface area contributed by atoms with Gasteiger partial charge in [0.1, 0.15) is 6.04 Å². The second-order valence-corrected chi connectivity index (χ2v) is 7.19. The molecule has 1 atom stereocenters. The molecule has 0 saturated carbocycles. The molecule has 3 amide bonds. The maximum Gasteiger partial charge on any atom is 0.325 e. The highest BCUT2D eigenvalue weighted by Gasteiger charge is 2.38. The van der Waals surface area contributed by atoms with Crippen molar-refractivity contribution in [3.05, 3.63) is 57.2 Å². The topological polar surface area (TPSA) is 66.5 Å². The SMILES string of the molecule is O=C(CN1C(=O)N[C@H](CCc2ccccc2)C1=O)c1ccc(Cl)s1. The Morgan fingerprint density at radius 2 is 1.92 bits per heavy atom. The average Bonchev–Trinajstić information content (AvgIpc) is 3.12. The molecule has 5 nitrogen and oxygen atoms in total. The van der Waals surface area contributed by atoms with E-state index in [1.807, 2.05) is 30.3 Å². The van der Waals surface area contributed by atoms with Gasteiger partial charge >= 0.3 is 6.03 Å². The molecule has 2 aromatic rings. The first-order chi connectivity index (χ1) is 11.5. The van der Waals surface area contributed by atoms with Crippen molar-refractivity contribution in [3.63, 3.8) is 0 Å². The largest absolute Gasteiger partial charge is 0.326 e. The molecule has 24 heavy (non-hydrogen) atoms. The third-order valence-electron chi connectivity index (χ3n) is 3.82. The Kier molecular flexibility index (Phi) is 4.97. The number of nitrogens with zero attached hydrogens (tertiary/aromatic N) is 1. The van der Waals surface area contributed by atoms with Crippen LogP contribution in [0.5, 0.6) is 0 Å². The molecule has 124 valence electrons. The van der Waals surface area contributed by atoms with Gasteiger partial charge < -0.3 is 5.32 Å². The van der Waals surface area contributed by atoms with Gasteiger partial charge in [-0.1, -0.05) is 41.9 Å². The Labute approximate surface area is 148 Å². The molecule has 0 radical (unpaired) electrons. The van der Waals surface area contributed by atoms with E-state index in [-0.39, 0.29) is 18.2 Å². The van der Waals surface area contributed by atoms with Crippen molar-refractivity contribution < 1.29 is 14.4 Å². The van der Waals surface area contributed by atoms with E-state index in [1.165, 1.54) is 0 Å². The molecule has 1 aliphatic rings. The van der Waals surface area contributed by atoms with Gasteiger partial charge in [-0.2, -0.15) is 0 Å². The molecule has 0 bridgehead atoms. The molecule has 0 spiro atoms. The number of amides is 3. The highest BCUT2D eigenvalue weighted by atomic mass is 35.5. The zero-order valence-corrected chi connectivity index (χ0v) is 14.3. The van der Waals surface area contributed by atoms with Gasteiger partial charge in [0.25, 0.3) is 5.91 Å². The van der Waals surface area contributed by atoms with Gasteiger partial charge in [0.15, 0.2) is 5.78 Å². The predicted molar refractivity (Wildman–Crippen MR) is 92.5 cm³/mol. The summed E-state index contributed by atoms with van der Waals surface area (Å²) in [6.45, 7) is -0.261. The van der Waals surface area contributed by atoms with E-state index in [9.17, 15) is 14.4 Å². The van der Waals surface area contributed by atoms with Crippen molar-refractivity contribution in [2.24, 2.45) is 0 Å². The van der Waals surface area contributed by atoms with E-state index in [2.05, 4.69) is 5.32 Å². The first-order valence-corrected chi connectivity index (χ1v) is 8.68. The van der Waals surface area contributed by atoms with Crippen LogP contribution in [0.1, 0.15) is 21.7 Å². The van der Waals surface area contributed by atoms with Crippen LogP contribution in [0, 0.1) is 0 Å². The number of rotatable bonds is 6. The standard InChI is InChI=1S/C17H15ClN2O3S/c18-15-9-8-14(24-15)13(21)10-20-16(22)12(19-17(20)23)7-6-11-4-2-1-3-5-11/h1-5,8-9,12H,6-7,10H2,(H,19,23)/t12-/m1/s1. The van der Waals surface area contributed by atoms with E-state index >= 15 is 0 Å². The summed E-state index contributed by atoms with van der Waals surface area (Å²) in [4.78, 5) is 38.0. The minimum absolute atomic E-state index is 0.261. The molecule has 1 saturated heterocycles. The third kappa shape index (κ3) is 3.66. The number of carbonyl (C=O) groups excluding carboxylic acids is 3. The van der Waals surface area contributed by atoms with E-state index in [4.69, 9.17) is 11.6 Å². The van der Waals surface area contributed by atoms with E-state index in [1.54, 1.807) is 12.1 Å². The quantitative estimate of drug-likeness (QED) is 0.634. The monoisotopic (exact) mass is 362 g/mol. The third-order valence-corrected chi connectivity index (χ3v) is 5.09. The van der Waals surface area contributed by atoms with Gasteiger partial charge in [0.05, 0.1) is 15.8 Å². The Morgan fingerprint density at radius 1 is 1.17 bits per heavy atom. The lowest BCUT2D eigenvalue weighted by molar-refractivity contribution is -0.127. The summed E-state index contributed by atoms with van der Waals surface area (Å²) >= 11 is 6.94. The fourth-order valence-corrected chi connectivity index (χ4v) is 3.54. The number of aryl methyl sites for hydroxylation is 1. The number of benzene rings is 1. The summed E-state index contributed by atoms with van der Waals surface area (Å²) in [7, 11) is 0. The second-order valence-electron chi connectivity index (χ2n) is 5.48. The fourth-order valence-electron chi connectivity index (χ4n) is 2.56. The minimum Gasteiger partial charge on any atom is -0.326 e. The lowest BCUT2D eigenvalue weighted by Crippen LogP contribution is -2.36. The number of carbonyl (C=O) groups is 3. The smallest absolute Gasteiger partial charge is 0.325 e. The van der Waals surface area contributed by atoms with E-state index in [0.29, 0.717) is 22.1 Å². The first-order valence-electron chi connectivity index (χ1n) is 7.49. The highest BCUT2D eigenvalue weighted by molar-refractivity contribution is 7.18. The molecule has 1 aromatic carbocycles. The molecular weight excluding hydrogens is 348 g/mol. The van der Waals surface area contributed by atoms with Crippen molar-refractivity contribution in [2.75, 3.05) is 6.54 Å². The molecule has 7 heteroatoms. The molecule has 2 heterocycles. The van der Waals surface area contributed by atoms with Gasteiger partial charge in [-0.05, 0) is 30.5 Å². The summed E-state index contributed by atoms with van der Waals surface area (Å²) in [6.07, 6.45) is 1.18. The predicted octanol–water partition coefficient (Wildman–Crippen LogP) is 3.14. The van der Waals surface area contributed by atoms with E-state index < -0.39 is 12.1 Å². The summed E-state index contributed by atoms with van der Waals surface area (Å²) in [5.74, 6) is -0.647. The van der Waals surface area contributed by atoms with Crippen LogP contribution in [0.4, 0.5) is 4.79 Å². The Bertz CT molecular complexity index is 775. The van der Waals surface area contributed by atoms with Crippen molar-refractivity contribution in [1.82, 2.24) is 10.2 Å². The van der Waals surface area contributed by atoms with Crippen LogP contribution in [-0.4, -0.2) is 35.2 Å². The van der Waals surface area contributed by atoms with Crippen LogP contribution >= 0.6 is 22.9 Å². The number of urea groups is 1. The Balaban J connectivity index is 1.60. The van der Waals surface area contributed by atoms with Crippen molar-refractivity contribution in [2.45, 2.75) is 18.9 Å². The number of thiophene rings is 1. The molecule has 1 aliphatic heterocycles. The lowest BCUT2D eigenvalue weighted by atomic mass is 10.1. The maximum absolute atomic E-state index is 12.4. The maximum atomic E-state index is 12.4. The number of hydrogen-bond donors (Lipinski definition) is 1. The van der Waals surface area contributed by atoms with Crippen LogP contribution < -0.4 is 5.32 Å². The number of ketones is 1. The van der Waals surface area contributed by atoms with Gasteiger partial charge in [0.2, 0.25) is 0 Å². The lowest BCUT2D eigenvalue weighted by Gasteiger charge is -2.11. The van der Waals surface area contributed by atoms with E-state index in [0.717, 1.165) is 21.8 Å². The molecule has 1 fully saturated rings. The summed E-state index contributed by atoms with van der Waals surface area (Å²) in [5, 5.41) is 2.65. The fraction of sp³-hybridized carbons (Fsp3) is 0.235. The summed E-state index contributed by atoms with van der Waals surface area (Å²) in [5.41, 5.74) is 1.10. The second kappa shape index (κ2) is 7.15. The average molecular weight is 363 g/mol. The Morgan fingerprint density at radius 3 is 2.58 bits per heavy atom. The summed E-state index contributed by atoms with van der Waals surface area (Å²) < 4.78 is 0.497. The number of nitrogens with one attached hydrogen (secondary N) is 1. The zero-order chi connectivity index (χ0) is 17.1. The zero-order valence-electron chi connectivity index (χ0n) is 12.7. The molecule has 0 aliphatic carbocycles. The van der Waals surface area contributed by atoms with Gasteiger partial charge in [0, 0.05) is 0 Å². The molecule has 3 rings (SSSR count). The number of hydrogen-bond acceptors (Lipinski definition) is 4. The van der Waals surface area contributed by atoms with Gasteiger partial charge in [-0.25, -0.2) is 4.79 Å². The highest BCUT2D eigenvalue weighted by Crippen LogP contribution is 2.22. The van der Waals surface area contributed by atoms with Crippen LogP contribution in [0.3, 0.4) is 0 Å². The molecular formula is C17H15ClN2O3S. The van der Waals surface area contributed by atoms with Crippen molar-refractivity contribution in [1.29, 1.82) is 0 Å². The van der Waals surface area contributed by atoms with Gasteiger partial charge in [-0.15, -0.1) is 11.3 Å². The van der Waals surface area contributed by atoms with Gasteiger partial charge in [-0.3, -0.25) is 14.5 Å². The normalized spacial score (nSPS) is 17.2. The van der Waals surface area contributed by atoms with Crippen molar-refractivity contribution >= 4 is 40.7 Å². The first kappa shape index (κ1) is 16.7. The number of halogens is 1. The van der Waals surface area contributed by atoms with Crippen LogP contribution in [0.15, 0.2) is 42.5 Å². The van der Waals surface area contributed by atoms with Crippen LogP contribution in [-0.2, 0) is 11.2 Å². The number of Topliss-reactive ketones (excluding diaryl/α,β-unsaturated/α-hetero) is 1. The molecule has 0 unspecified atom stereocenters. The van der Waals surface area contributed by atoms with Crippen LogP contribution in [0.2, 0.25) is 4.34 Å². The minimum atomic E-state index is -0.586. The summed E-state index contributed by atoms with van der Waals surface area (Å²) in [6, 6.07) is 11.9. The number of imide groups is 1. The molecule has 1 aromatic heterocycles. The Hall–Kier alpha value is -2.18. The van der Waals surface area contributed by atoms with Crippen molar-refractivity contribution in [3.8, 4) is 0 Å². The molecule has 1 N–H and O–H groups in total. The van der Waals surface area contributed by atoms with Crippen LogP contribution in [0.25, 0.3) is 0 Å².